The number of anilines is 3. The smallest absolute Gasteiger partial charge is 0.305 e. The summed E-state index contributed by atoms with van der Waals surface area (Å²) < 4.78 is 10.5. The normalized spacial score (nSPS) is 15.6. The van der Waals surface area contributed by atoms with Crippen molar-refractivity contribution in [3.63, 3.8) is 0 Å². The van der Waals surface area contributed by atoms with Crippen molar-refractivity contribution in [1.82, 2.24) is 0 Å². The van der Waals surface area contributed by atoms with Crippen LogP contribution in [0.15, 0.2) is 18.2 Å². The molecule has 1 aliphatic rings. The highest BCUT2D eigenvalue weighted by atomic mass is 16.5. The molecule has 0 bridgehead atoms. The fourth-order valence-corrected chi connectivity index (χ4v) is 4.15. The zero-order chi connectivity index (χ0) is 29.7. The zero-order valence-electron chi connectivity index (χ0n) is 22.5. The van der Waals surface area contributed by atoms with Gasteiger partial charge in [-0.25, -0.2) is 0 Å². The first-order valence-corrected chi connectivity index (χ1v) is 13.0. The Morgan fingerprint density at radius 1 is 0.825 bits per heavy atom. The molecule has 5 N–H and O–H groups in total. The Labute approximate surface area is 231 Å². The number of nitrogens with zero attached hydrogens (tertiary/aromatic N) is 2. The van der Waals surface area contributed by atoms with Crippen LogP contribution >= 0.6 is 0 Å². The second kappa shape index (κ2) is 15.5. The van der Waals surface area contributed by atoms with Crippen molar-refractivity contribution in [3.8, 4) is 0 Å². The molecule has 1 aromatic carbocycles. The number of carboxylic acids is 3. The third-order valence-electron chi connectivity index (χ3n) is 6.30. The summed E-state index contributed by atoms with van der Waals surface area (Å²) in [5.41, 5.74) is 1.95. The fourth-order valence-electron chi connectivity index (χ4n) is 4.15. The van der Waals surface area contributed by atoms with Gasteiger partial charge in [0.25, 0.3) is 0 Å². The van der Waals surface area contributed by atoms with Crippen molar-refractivity contribution in [2.75, 3.05) is 48.5 Å². The average Bonchev–Trinajstić information content (AvgIpc) is 3.11. The molecule has 0 aromatic heterocycles. The highest BCUT2D eigenvalue weighted by Crippen LogP contribution is 2.41. The van der Waals surface area contributed by atoms with E-state index < -0.39 is 35.7 Å². The summed E-state index contributed by atoms with van der Waals surface area (Å²) in [6, 6.07) is 5.32. The Balaban J connectivity index is 2.04. The number of hydrogen-bond donors (Lipinski definition) is 5. The molecule has 1 aliphatic heterocycles. The molecule has 0 amide bonds. The standard InChI is InChI=1S/C26H37N3O11/c1-28-20-11-10-18(17-19(20)27-26(28,38)12-4-7-23(34)35)29(13-15-39-24(36)8-2-5-21(30)31)14-16-40-25(37)9-3-6-22(32)33/h10-11,17,27,38H,2-9,12-16H2,1H3,(H,30,31)(H,32,33)(H,34,35). The van der Waals surface area contributed by atoms with Gasteiger partial charge >= 0.3 is 29.8 Å². The lowest BCUT2D eigenvalue weighted by Gasteiger charge is -2.32. The lowest BCUT2D eigenvalue weighted by atomic mass is 10.1. The van der Waals surface area contributed by atoms with Crippen molar-refractivity contribution < 1.29 is 53.9 Å². The SMILES string of the molecule is CN1c2ccc(N(CCOC(=O)CCCC(=O)O)CCOC(=O)CCCC(=O)O)cc2NC1(O)CCCC(=O)O. The maximum absolute atomic E-state index is 12.0. The summed E-state index contributed by atoms with van der Waals surface area (Å²) in [6.07, 6.45) is 0.314. The number of nitrogens with one attached hydrogen (secondary N) is 1. The van der Waals surface area contributed by atoms with Crippen molar-refractivity contribution in [3.05, 3.63) is 18.2 Å². The second-order valence-corrected chi connectivity index (χ2v) is 9.37. The summed E-state index contributed by atoms with van der Waals surface area (Å²) in [6.45, 7) is 0.418. The second-order valence-electron chi connectivity index (χ2n) is 9.37. The molecule has 0 saturated heterocycles. The molecular formula is C26H37N3O11. The first-order chi connectivity index (χ1) is 18.9. The number of aliphatic carboxylic acids is 3. The molecule has 14 heteroatoms. The van der Waals surface area contributed by atoms with Gasteiger partial charge in [0.05, 0.1) is 24.5 Å². The Bertz CT molecular complexity index is 1030. The van der Waals surface area contributed by atoms with E-state index in [0.717, 1.165) is 0 Å². The van der Waals surface area contributed by atoms with Gasteiger partial charge < -0.3 is 45.0 Å². The maximum Gasteiger partial charge on any atom is 0.305 e. The van der Waals surface area contributed by atoms with E-state index in [4.69, 9.17) is 24.8 Å². The average molecular weight is 568 g/mol. The molecule has 0 spiro atoms. The number of carbonyl (C=O) groups is 5. The van der Waals surface area contributed by atoms with E-state index in [1.807, 2.05) is 0 Å². The summed E-state index contributed by atoms with van der Waals surface area (Å²) >= 11 is 0. The van der Waals surface area contributed by atoms with Crippen LogP contribution in [-0.4, -0.2) is 89.5 Å². The minimum atomic E-state index is -1.47. The molecule has 1 unspecified atom stereocenters. The first kappa shape index (κ1) is 32.1. The molecular weight excluding hydrogens is 530 g/mol. The van der Waals surface area contributed by atoms with Crippen LogP contribution in [-0.2, 0) is 33.4 Å². The quantitative estimate of drug-likeness (QED) is 0.151. The van der Waals surface area contributed by atoms with Crippen LogP contribution in [0.2, 0.25) is 0 Å². The minimum absolute atomic E-state index is 0.0119. The fraction of sp³-hybridized carbons (Fsp3) is 0.577. The summed E-state index contributed by atoms with van der Waals surface area (Å²) in [7, 11) is 1.69. The van der Waals surface area contributed by atoms with Crippen LogP contribution < -0.4 is 15.1 Å². The third-order valence-corrected chi connectivity index (χ3v) is 6.30. The van der Waals surface area contributed by atoms with E-state index in [2.05, 4.69) is 5.32 Å². The van der Waals surface area contributed by atoms with Crippen LogP contribution in [0.4, 0.5) is 17.1 Å². The van der Waals surface area contributed by atoms with Crippen LogP contribution in [0.1, 0.15) is 57.8 Å². The van der Waals surface area contributed by atoms with E-state index in [9.17, 15) is 29.1 Å². The van der Waals surface area contributed by atoms with Gasteiger partial charge in [-0.15, -0.1) is 0 Å². The summed E-state index contributed by atoms with van der Waals surface area (Å²) in [5, 5.41) is 40.4. The molecule has 0 saturated carbocycles. The summed E-state index contributed by atoms with van der Waals surface area (Å²) in [5.74, 6) is -5.49. The number of ether oxygens (including phenoxy) is 2. The van der Waals surface area contributed by atoms with E-state index >= 15 is 0 Å². The van der Waals surface area contributed by atoms with Gasteiger partial charge in [0.2, 0.25) is 5.85 Å². The van der Waals surface area contributed by atoms with Gasteiger partial charge in [0.15, 0.2) is 0 Å². The van der Waals surface area contributed by atoms with E-state index in [1.165, 1.54) is 0 Å². The number of aliphatic hydroxyl groups is 1. The number of carboxylic acid groups (broad SMARTS) is 3. The number of hydrogen-bond acceptors (Lipinski definition) is 11. The van der Waals surface area contributed by atoms with Crippen molar-refractivity contribution in [2.45, 2.75) is 63.6 Å². The van der Waals surface area contributed by atoms with E-state index in [0.29, 0.717) is 17.1 Å². The number of fused-ring (bicyclic) bond motifs is 1. The molecule has 222 valence electrons. The minimum Gasteiger partial charge on any atom is -0.481 e. The molecule has 14 nitrogen and oxygen atoms in total. The maximum atomic E-state index is 12.0. The van der Waals surface area contributed by atoms with Gasteiger partial charge in [0.1, 0.15) is 13.2 Å². The molecule has 0 radical (unpaired) electrons. The van der Waals surface area contributed by atoms with Crippen LogP contribution in [0.25, 0.3) is 0 Å². The van der Waals surface area contributed by atoms with Gasteiger partial charge in [-0.2, -0.15) is 0 Å². The van der Waals surface area contributed by atoms with Gasteiger partial charge in [-0.1, -0.05) is 0 Å². The number of benzene rings is 1. The predicted molar refractivity (Wildman–Crippen MR) is 142 cm³/mol. The monoisotopic (exact) mass is 567 g/mol. The lowest BCUT2D eigenvalue weighted by Crippen LogP contribution is -2.48. The van der Waals surface area contributed by atoms with Gasteiger partial charge in [-0.3, -0.25) is 24.0 Å². The number of esters is 2. The molecule has 40 heavy (non-hydrogen) atoms. The van der Waals surface area contributed by atoms with Gasteiger partial charge in [-0.05, 0) is 37.5 Å². The number of carbonyl (C=O) groups excluding carboxylic acids is 2. The topological polar surface area (TPSA) is 203 Å². The van der Waals surface area contributed by atoms with Crippen LogP contribution in [0.5, 0.6) is 0 Å². The summed E-state index contributed by atoms with van der Waals surface area (Å²) in [4.78, 5) is 59.5. The van der Waals surface area contributed by atoms with E-state index in [-0.39, 0.29) is 84.1 Å². The molecule has 0 fully saturated rings. The van der Waals surface area contributed by atoms with Crippen molar-refractivity contribution in [1.29, 1.82) is 0 Å². The van der Waals surface area contributed by atoms with Crippen LogP contribution in [0, 0.1) is 0 Å². The molecule has 1 heterocycles. The highest BCUT2D eigenvalue weighted by molar-refractivity contribution is 5.80. The molecule has 2 rings (SSSR count). The lowest BCUT2D eigenvalue weighted by molar-refractivity contribution is -0.144. The predicted octanol–water partition coefficient (Wildman–Crippen LogP) is 1.85. The van der Waals surface area contributed by atoms with E-state index in [1.54, 1.807) is 35.0 Å². The Morgan fingerprint density at radius 3 is 1.82 bits per heavy atom. The Hall–Kier alpha value is -4.07. The number of rotatable bonds is 19. The zero-order valence-corrected chi connectivity index (χ0v) is 22.5. The van der Waals surface area contributed by atoms with Crippen LogP contribution in [0.3, 0.4) is 0 Å². The molecule has 1 atom stereocenters. The third kappa shape index (κ3) is 10.6. The first-order valence-electron chi connectivity index (χ1n) is 13.0. The largest absolute Gasteiger partial charge is 0.481 e. The van der Waals surface area contributed by atoms with Crippen molar-refractivity contribution >= 4 is 46.9 Å². The highest BCUT2D eigenvalue weighted by Gasteiger charge is 2.39. The van der Waals surface area contributed by atoms with Gasteiger partial charge in [0, 0.05) is 51.3 Å². The molecule has 0 aliphatic carbocycles. The Morgan fingerprint density at radius 2 is 1.32 bits per heavy atom. The molecule has 1 aromatic rings. The Kier molecular flexibility index (Phi) is 12.5. The van der Waals surface area contributed by atoms with Crippen molar-refractivity contribution in [2.24, 2.45) is 0 Å².